The van der Waals surface area contributed by atoms with Crippen LogP contribution in [0.4, 0.5) is 17.6 Å². The average Bonchev–Trinajstić information content (AvgIpc) is 2.13. The highest BCUT2D eigenvalue weighted by Gasteiger charge is 2.57. The summed E-state index contributed by atoms with van der Waals surface area (Å²) in [6, 6.07) is 0. The lowest BCUT2D eigenvalue weighted by molar-refractivity contribution is -0.237. The Bertz CT molecular complexity index is 262. The van der Waals surface area contributed by atoms with Crippen LogP contribution in [0.1, 0.15) is 20.8 Å². The van der Waals surface area contributed by atoms with Gasteiger partial charge < -0.3 is 9.53 Å². The molecule has 7 heteroatoms. The second-order valence-corrected chi connectivity index (χ2v) is 10.4. The Hall–Kier alpha value is -0.143. The molecule has 2 nitrogen and oxygen atoms in total. The minimum absolute atomic E-state index is 0.336. The molecule has 17 heavy (non-hydrogen) atoms. The van der Waals surface area contributed by atoms with Gasteiger partial charge in [-0.25, -0.2) is 0 Å². The molecule has 0 amide bonds. The minimum Gasteiger partial charge on any atom is -0.410 e. The van der Waals surface area contributed by atoms with Gasteiger partial charge in [-0.05, 0) is 18.1 Å². The van der Waals surface area contributed by atoms with E-state index in [1.807, 2.05) is 20.8 Å². The summed E-state index contributed by atoms with van der Waals surface area (Å²) in [6.45, 7) is 5.60. The molecule has 0 saturated heterocycles. The summed E-state index contributed by atoms with van der Waals surface area (Å²) in [5.74, 6) is -8.80. The Morgan fingerprint density at radius 3 is 1.71 bits per heavy atom. The van der Waals surface area contributed by atoms with Gasteiger partial charge in [0.1, 0.15) is 13.2 Å². The van der Waals surface area contributed by atoms with Crippen molar-refractivity contribution in [2.24, 2.45) is 0 Å². The van der Waals surface area contributed by atoms with Crippen LogP contribution in [0, 0.1) is 0 Å². The van der Waals surface area contributed by atoms with Gasteiger partial charge in [-0.3, -0.25) is 0 Å². The number of hydrogen-bond donors (Lipinski definition) is 1. The second-order valence-electron chi connectivity index (χ2n) is 5.62. The largest absolute Gasteiger partial charge is 0.410 e. The highest BCUT2D eigenvalue weighted by Crippen LogP contribution is 2.40. The summed E-state index contributed by atoms with van der Waals surface area (Å²) in [6.07, 6.45) is 0. The maximum atomic E-state index is 13.1. The van der Waals surface area contributed by atoms with E-state index in [9.17, 15) is 17.6 Å². The number of aliphatic hydroxyl groups is 1. The van der Waals surface area contributed by atoms with E-state index in [2.05, 4.69) is 0 Å². The van der Waals surface area contributed by atoms with Crippen LogP contribution in [-0.2, 0) is 4.43 Å². The topological polar surface area (TPSA) is 29.5 Å². The molecule has 104 valence electrons. The van der Waals surface area contributed by atoms with E-state index in [0.29, 0.717) is 0 Å². The predicted molar refractivity (Wildman–Crippen MR) is 60.1 cm³/mol. The lowest BCUT2D eigenvalue weighted by Crippen LogP contribution is -2.51. The van der Waals surface area contributed by atoms with Crippen LogP contribution in [0.25, 0.3) is 0 Å². The monoisotopic (exact) mass is 276 g/mol. The molecule has 0 aliphatic rings. The number of alkyl halides is 4. The van der Waals surface area contributed by atoms with Gasteiger partial charge in [-0.2, -0.15) is 17.6 Å². The van der Waals surface area contributed by atoms with E-state index in [1.54, 1.807) is 13.1 Å². The van der Waals surface area contributed by atoms with Crippen LogP contribution >= 0.6 is 0 Å². The fourth-order valence-corrected chi connectivity index (χ4v) is 1.68. The maximum Gasteiger partial charge on any atom is 0.334 e. The van der Waals surface area contributed by atoms with Crippen molar-refractivity contribution in [3.63, 3.8) is 0 Å². The molecule has 0 aliphatic carbocycles. The van der Waals surface area contributed by atoms with Crippen molar-refractivity contribution in [3.8, 4) is 0 Å². The van der Waals surface area contributed by atoms with E-state index in [-0.39, 0.29) is 5.04 Å². The standard InChI is InChI=1S/C10H20F4O2Si/c1-8(2,3)17(4,5)16-7-10(13,14)9(11,12)6-15/h15H,6-7H2,1-5H3. The number of halogens is 4. The van der Waals surface area contributed by atoms with Crippen LogP contribution in [0.2, 0.25) is 18.1 Å². The fourth-order valence-electron chi connectivity index (χ4n) is 0.709. The molecule has 0 rings (SSSR count). The van der Waals surface area contributed by atoms with Crippen molar-refractivity contribution >= 4 is 8.32 Å². The van der Waals surface area contributed by atoms with Crippen molar-refractivity contribution in [2.75, 3.05) is 13.2 Å². The predicted octanol–water partition coefficient (Wildman–Crippen LogP) is 3.27. The number of hydrogen-bond acceptors (Lipinski definition) is 2. The Morgan fingerprint density at radius 1 is 1.00 bits per heavy atom. The molecular weight excluding hydrogens is 256 g/mol. The summed E-state index contributed by atoms with van der Waals surface area (Å²) in [5.41, 5.74) is 0. The number of rotatable bonds is 5. The van der Waals surface area contributed by atoms with Gasteiger partial charge in [0.05, 0.1) is 0 Å². The van der Waals surface area contributed by atoms with Crippen LogP contribution in [0.5, 0.6) is 0 Å². The molecule has 0 spiro atoms. The SMILES string of the molecule is CC(C)(C)[Si](C)(C)OCC(F)(F)C(F)(F)CO. The second kappa shape index (κ2) is 4.85. The summed E-state index contributed by atoms with van der Waals surface area (Å²) in [7, 11) is -2.50. The normalized spacial score (nSPS) is 15.2. The molecule has 1 N–H and O–H groups in total. The van der Waals surface area contributed by atoms with E-state index in [1.165, 1.54) is 0 Å². The quantitative estimate of drug-likeness (QED) is 0.617. The van der Waals surface area contributed by atoms with Crippen molar-refractivity contribution in [1.29, 1.82) is 0 Å². The molecule has 0 bridgehead atoms. The third kappa shape index (κ3) is 3.92. The number of aliphatic hydroxyl groups excluding tert-OH is 1. The molecule has 0 heterocycles. The van der Waals surface area contributed by atoms with Gasteiger partial charge in [-0.15, -0.1) is 0 Å². The van der Waals surface area contributed by atoms with Gasteiger partial charge in [0, 0.05) is 0 Å². The third-order valence-corrected chi connectivity index (χ3v) is 7.63. The first kappa shape index (κ1) is 16.9. The van der Waals surface area contributed by atoms with Crippen molar-refractivity contribution in [1.82, 2.24) is 0 Å². The van der Waals surface area contributed by atoms with Gasteiger partial charge in [0.2, 0.25) is 0 Å². The van der Waals surface area contributed by atoms with Crippen LogP contribution in [-0.4, -0.2) is 38.5 Å². The molecule has 0 unspecified atom stereocenters. The first-order chi connectivity index (χ1) is 7.27. The van der Waals surface area contributed by atoms with Crippen molar-refractivity contribution in [2.45, 2.75) is 50.7 Å². The Kier molecular flexibility index (Phi) is 4.81. The van der Waals surface area contributed by atoms with Crippen molar-refractivity contribution in [3.05, 3.63) is 0 Å². The Morgan fingerprint density at radius 2 is 1.41 bits per heavy atom. The molecule has 0 aromatic heterocycles. The zero-order valence-corrected chi connectivity index (χ0v) is 11.8. The first-order valence-corrected chi connectivity index (χ1v) is 8.18. The fraction of sp³-hybridized carbons (Fsp3) is 1.00. The molecule has 0 aromatic rings. The van der Waals surface area contributed by atoms with Gasteiger partial charge in [0.25, 0.3) is 0 Å². The molecular formula is C10H20F4O2Si. The van der Waals surface area contributed by atoms with Crippen LogP contribution in [0.3, 0.4) is 0 Å². The highest BCUT2D eigenvalue weighted by molar-refractivity contribution is 6.74. The van der Waals surface area contributed by atoms with E-state index in [4.69, 9.17) is 9.53 Å². The molecule has 0 aliphatic heterocycles. The molecule has 0 aromatic carbocycles. The lowest BCUT2D eigenvalue weighted by Gasteiger charge is -2.38. The Labute approximate surface area is 100 Å². The molecule has 0 radical (unpaired) electrons. The minimum atomic E-state index is -4.45. The van der Waals surface area contributed by atoms with Gasteiger partial charge in [0.15, 0.2) is 8.32 Å². The average molecular weight is 276 g/mol. The van der Waals surface area contributed by atoms with Gasteiger partial charge >= 0.3 is 11.8 Å². The lowest BCUT2D eigenvalue weighted by atomic mass is 10.2. The van der Waals surface area contributed by atoms with Crippen molar-refractivity contribution < 1.29 is 27.1 Å². The Balaban J connectivity index is 4.69. The van der Waals surface area contributed by atoms with Gasteiger partial charge in [-0.1, -0.05) is 20.8 Å². The van der Waals surface area contributed by atoms with E-state index >= 15 is 0 Å². The summed E-state index contributed by atoms with van der Waals surface area (Å²) in [4.78, 5) is 0. The maximum absolute atomic E-state index is 13.1. The van der Waals surface area contributed by atoms with E-state index in [0.717, 1.165) is 0 Å². The first-order valence-electron chi connectivity index (χ1n) is 5.27. The summed E-state index contributed by atoms with van der Waals surface area (Å²) >= 11 is 0. The molecule has 0 atom stereocenters. The smallest absolute Gasteiger partial charge is 0.334 e. The molecule has 0 saturated carbocycles. The van der Waals surface area contributed by atoms with Crippen LogP contribution < -0.4 is 0 Å². The third-order valence-electron chi connectivity index (χ3n) is 3.15. The summed E-state index contributed by atoms with van der Waals surface area (Å²) < 4.78 is 56.7. The summed E-state index contributed by atoms with van der Waals surface area (Å²) in [5, 5.41) is 7.91. The van der Waals surface area contributed by atoms with E-state index < -0.39 is 33.4 Å². The highest BCUT2D eigenvalue weighted by atomic mass is 28.4. The van der Waals surface area contributed by atoms with Crippen LogP contribution in [0.15, 0.2) is 0 Å². The molecule has 0 fully saturated rings. The zero-order chi connectivity index (χ0) is 14.1. The zero-order valence-electron chi connectivity index (χ0n) is 10.8.